The second-order valence-corrected chi connectivity index (χ2v) is 8.23. The molecule has 2 atom stereocenters. The highest BCUT2D eigenvalue weighted by Gasteiger charge is 2.47. The van der Waals surface area contributed by atoms with E-state index in [-0.39, 0.29) is 17.5 Å². The summed E-state index contributed by atoms with van der Waals surface area (Å²) in [7, 11) is 0. The lowest BCUT2D eigenvalue weighted by Gasteiger charge is -2.26. The number of fused-ring (bicyclic) bond motifs is 1. The number of nitrogens with two attached hydrogens (primary N) is 1. The highest BCUT2D eigenvalue weighted by molar-refractivity contribution is 5.62. The molecule has 8 heteroatoms. The van der Waals surface area contributed by atoms with E-state index in [1.54, 1.807) is 6.20 Å². The lowest BCUT2D eigenvalue weighted by atomic mass is 9.84. The van der Waals surface area contributed by atoms with E-state index in [0.29, 0.717) is 17.4 Å². The first-order valence-electron chi connectivity index (χ1n) is 9.41. The van der Waals surface area contributed by atoms with Crippen LogP contribution in [0.1, 0.15) is 55.6 Å². The Morgan fingerprint density at radius 2 is 1.96 bits per heavy atom. The summed E-state index contributed by atoms with van der Waals surface area (Å²) in [5.74, 6) is 1.55. The molecule has 2 bridgehead atoms. The van der Waals surface area contributed by atoms with Crippen molar-refractivity contribution < 1.29 is 18.3 Å². The second-order valence-electron chi connectivity index (χ2n) is 8.23. The summed E-state index contributed by atoms with van der Waals surface area (Å²) in [6.07, 6.45) is 3.23. The topological polar surface area (TPSA) is 77.0 Å². The zero-order valence-electron chi connectivity index (χ0n) is 14.7. The van der Waals surface area contributed by atoms with Gasteiger partial charge >= 0.3 is 6.18 Å². The van der Waals surface area contributed by atoms with E-state index in [1.807, 2.05) is 4.57 Å². The van der Waals surface area contributed by atoms with Crippen molar-refractivity contribution in [3.8, 4) is 11.3 Å². The highest BCUT2D eigenvalue weighted by Crippen LogP contribution is 2.56. The van der Waals surface area contributed by atoms with E-state index >= 15 is 0 Å². The van der Waals surface area contributed by atoms with Crippen LogP contribution < -0.4 is 5.73 Å². The molecule has 4 saturated carbocycles. The molecule has 3 N–H and O–H groups in total. The van der Waals surface area contributed by atoms with E-state index in [1.165, 1.54) is 19.0 Å². The summed E-state index contributed by atoms with van der Waals surface area (Å²) in [4.78, 5) is 8.28. The number of nitrogens with zero attached hydrogens (tertiary/aromatic N) is 3. The summed E-state index contributed by atoms with van der Waals surface area (Å²) >= 11 is 0. The molecule has 0 spiro atoms. The predicted octanol–water partition coefficient (Wildman–Crippen LogP) is 3.96. The summed E-state index contributed by atoms with van der Waals surface area (Å²) in [6, 6.07) is 1.28. The second kappa shape index (κ2) is 5.70. The number of anilines is 1. The van der Waals surface area contributed by atoms with E-state index in [2.05, 4.69) is 9.97 Å². The molecule has 2 heterocycles. The molecule has 0 saturated heterocycles. The van der Waals surface area contributed by atoms with Gasteiger partial charge in [-0.3, -0.25) is 0 Å². The minimum absolute atomic E-state index is 0.200. The zero-order chi connectivity index (χ0) is 18.9. The Kier molecular flexibility index (Phi) is 3.60. The predicted molar refractivity (Wildman–Crippen MR) is 92.4 cm³/mol. The molecule has 27 heavy (non-hydrogen) atoms. The van der Waals surface area contributed by atoms with Gasteiger partial charge in [-0.1, -0.05) is 0 Å². The first-order valence-corrected chi connectivity index (χ1v) is 9.41. The molecule has 4 aliphatic carbocycles. The van der Waals surface area contributed by atoms with Gasteiger partial charge in [-0.25, -0.2) is 9.97 Å². The van der Waals surface area contributed by atoms with E-state index in [0.717, 1.165) is 31.2 Å². The number of halogens is 3. The van der Waals surface area contributed by atoms with Gasteiger partial charge in [-0.15, -0.1) is 0 Å². The van der Waals surface area contributed by atoms with Crippen molar-refractivity contribution in [1.29, 1.82) is 0 Å². The van der Waals surface area contributed by atoms with Crippen LogP contribution in [0.4, 0.5) is 19.0 Å². The Balaban J connectivity index is 1.57. The van der Waals surface area contributed by atoms with Gasteiger partial charge in [0.1, 0.15) is 17.7 Å². The van der Waals surface area contributed by atoms with Crippen LogP contribution in [-0.2, 0) is 6.18 Å². The lowest BCUT2D eigenvalue weighted by Crippen LogP contribution is -2.19. The average molecular weight is 378 g/mol. The number of hydrogen-bond donors (Lipinski definition) is 2. The van der Waals surface area contributed by atoms with Crippen LogP contribution >= 0.6 is 0 Å². The van der Waals surface area contributed by atoms with Crippen molar-refractivity contribution in [2.45, 2.75) is 50.4 Å². The minimum atomic E-state index is -4.57. The summed E-state index contributed by atoms with van der Waals surface area (Å²) in [5, 5.41) is 10.7. The summed E-state index contributed by atoms with van der Waals surface area (Å²) < 4.78 is 41.6. The van der Waals surface area contributed by atoms with Crippen molar-refractivity contribution in [2.24, 2.45) is 17.8 Å². The molecule has 0 amide bonds. The molecular weight excluding hydrogens is 357 g/mol. The molecule has 5 nitrogen and oxygen atoms in total. The molecule has 0 aliphatic heterocycles. The normalized spacial score (nSPS) is 28.2. The maximum atomic E-state index is 13.2. The van der Waals surface area contributed by atoms with Gasteiger partial charge in [0.05, 0.1) is 11.3 Å². The molecule has 4 aliphatic rings. The van der Waals surface area contributed by atoms with Crippen molar-refractivity contribution in [1.82, 2.24) is 14.5 Å². The number of rotatable bonds is 4. The summed E-state index contributed by atoms with van der Waals surface area (Å²) in [6.45, 7) is 0. The highest BCUT2D eigenvalue weighted by atomic mass is 19.4. The van der Waals surface area contributed by atoms with Crippen molar-refractivity contribution in [3.63, 3.8) is 0 Å². The fourth-order valence-corrected chi connectivity index (χ4v) is 4.67. The average Bonchev–Trinajstić information content (AvgIpc) is 3.02. The van der Waals surface area contributed by atoms with E-state index < -0.39 is 23.7 Å². The standard InChI is InChI=1S/C19H21F3N4O/c20-19(21,22)13-6-12(7-24-17(13)23)14-8-26(15-5-9-3-11(15)4-9)18(25-14)16(27)10-1-2-10/h6-11,15-16,27H,1-5H2,(H2,23,24). The van der Waals surface area contributed by atoms with E-state index in [4.69, 9.17) is 5.73 Å². The van der Waals surface area contributed by atoms with Gasteiger partial charge in [-0.2, -0.15) is 13.2 Å². The van der Waals surface area contributed by atoms with Crippen molar-refractivity contribution in [2.75, 3.05) is 5.73 Å². The molecule has 0 aromatic carbocycles. The third-order valence-electron chi connectivity index (χ3n) is 6.36. The third kappa shape index (κ3) is 2.81. The Morgan fingerprint density at radius 1 is 1.22 bits per heavy atom. The molecule has 2 aromatic rings. The molecule has 144 valence electrons. The van der Waals surface area contributed by atoms with Crippen LogP contribution in [0.15, 0.2) is 18.5 Å². The summed E-state index contributed by atoms with van der Waals surface area (Å²) in [5.41, 5.74) is 5.13. The molecule has 6 rings (SSSR count). The fraction of sp³-hybridized carbons (Fsp3) is 0.579. The maximum absolute atomic E-state index is 13.2. The van der Waals surface area contributed by atoms with Crippen LogP contribution in [0, 0.1) is 17.8 Å². The SMILES string of the molecule is Nc1ncc(-c2cn(C3CC4CC3C4)c(C(O)C3CC3)n2)cc1C(F)(F)F. The quantitative estimate of drug-likeness (QED) is 0.844. The van der Waals surface area contributed by atoms with Crippen LogP contribution in [0.5, 0.6) is 0 Å². The van der Waals surface area contributed by atoms with Crippen molar-refractivity contribution >= 4 is 5.82 Å². The molecular formula is C19H21F3N4O. The number of nitrogen functional groups attached to an aromatic ring is 1. The van der Waals surface area contributed by atoms with Crippen LogP contribution in [0.3, 0.4) is 0 Å². The first-order chi connectivity index (χ1) is 12.8. The van der Waals surface area contributed by atoms with E-state index in [9.17, 15) is 18.3 Å². The minimum Gasteiger partial charge on any atom is -0.385 e. The van der Waals surface area contributed by atoms with Crippen molar-refractivity contribution in [3.05, 3.63) is 29.8 Å². The van der Waals surface area contributed by atoms with Gasteiger partial charge in [-0.05, 0) is 55.9 Å². The van der Waals surface area contributed by atoms with Crippen LogP contribution in [0.2, 0.25) is 0 Å². The fourth-order valence-electron chi connectivity index (χ4n) is 4.67. The first kappa shape index (κ1) is 17.0. The lowest BCUT2D eigenvalue weighted by molar-refractivity contribution is -0.137. The maximum Gasteiger partial charge on any atom is 0.419 e. The Labute approximate surface area is 154 Å². The van der Waals surface area contributed by atoms with Crippen LogP contribution in [-0.4, -0.2) is 19.6 Å². The molecule has 4 fully saturated rings. The zero-order valence-corrected chi connectivity index (χ0v) is 14.7. The van der Waals surface area contributed by atoms with Gasteiger partial charge in [0.2, 0.25) is 0 Å². The smallest absolute Gasteiger partial charge is 0.385 e. The number of aliphatic hydroxyl groups is 1. The van der Waals surface area contributed by atoms with Gasteiger partial charge in [0.15, 0.2) is 0 Å². The molecule has 2 aromatic heterocycles. The number of alkyl halides is 3. The number of aromatic nitrogens is 3. The Hall–Kier alpha value is -2.09. The van der Waals surface area contributed by atoms with Gasteiger partial charge in [0, 0.05) is 24.0 Å². The van der Waals surface area contributed by atoms with Gasteiger partial charge in [0.25, 0.3) is 0 Å². The monoisotopic (exact) mass is 378 g/mol. The van der Waals surface area contributed by atoms with Gasteiger partial charge < -0.3 is 15.4 Å². The largest absolute Gasteiger partial charge is 0.419 e. The number of aliphatic hydroxyl groups excluding tert-OH is 1. The Bertz CT molecular complexity index is 884. The molecule has 2 unspecified atom stereocenters. The Morgan fingerprint density at radius 3 is 2.56 bits per heavy atom. The number of pyridine rings is 1. The number of hydrogen-bond acceptors (Lipinski definition) is 4. The van der Waals surface area contributed by atoms with Crippen LogP contribution in [0.25, 0.3) is 11.3 Å². The third-order valence-corrected chi connectivity index (χ3v) is 6.36. The number of imidazole rings is 1. The molecule has 0 radical (unpaired) electrons.